The van der Waals surface area contributed by atoms with Crippen molar-refractivity contribution >= 4 is 5.91 Å². The molecule has 0 saturated heterocycles. The van der Waals surface area contributed by atoms with Gasteiger partial charge < -0.3 is 4.90 Å². The van der Waals surface area contributed by atoms with Crippen molar-refractivity contribution in [1.29, 1.82) is 0 Å². The molecular formula is C18H25NO. The highest BCUT2D eigenvalue weighted by Crippen LogP contribution is 2.25. The Kier molecular flexibility index (Phi) is 5.40. The predicted molar refractivity (Wildman–Crippen MR) is 83.7 cm³/mol. The zero-order chi connectivity index (χ0) is 14.4. The van der Waals surface area contributed by atoms with Crippen molar-refractivity contribution in [3.63, 3.8) is 0 Å². The average Bonchev–Trinajstić information content (AvgIpc) is 2.53. The Bertz CT molecular complexity index is 434. The van der Waals surface area contributed by atoms with E-state index in [0.717, 1.165) is 12.1 Å². The zero-order valence-electron chi connectivity index (χ0n) is 12.4. The lowest BCUT2D eigenvalue weighted by Gasteiger charge is -2.33. The molecule has 0 heterocycles. The molecule has 0 aliphatic heterocycles. The minimum Gasteiger partial charge on any atom is -0.332 e. The molecule has 1 aliphatic rings. The van der Waals surface area contributed by atoms with Gasteiger partial charge in [-0.05, 0) is 37.8 Å². The van der Waals surface area contributed by atoms with Gasteiger partial charge in [0.2, 0.25) is 0 Å². The Morgan fingerprint density at radius 1 is 1.30 bits per heavy atom. The zero-order valence-corrected chi connectivity index (χ0v) is 12.4. The maximum atomic E-state index is 12.7. The van der Waals surface area contributed by atoms with Gasteiger partial charge in [-0.2, -0.15) is 0 Å². The van der Waals surface area contributed by atoms with Crippen LogP contribution in [0.15, 0.2) is 43.0 Å². The van der Waals surface area contributed by atoms with Gasteiger partial charge in [0, 0.05) is 18.2 Å². The lowest BCUT2D eigenvalue weighted by atomic mass is 9.88. The van der Waals surface area contributed by atoms with Gasteiger partial charge in [-0.15, -0.1) is 6.58 Å². The minimum atomic E-state index is 0.0876. The first kappa shape index (κ1) is 14.8. The summed E-state index contributed by atoms with van der Waals surface area (Å²) in [5.74, 6) is 0.780. The molecule has 1 fully saturated rings. The van der Waals surface area contributed by atoms with E-state index in [1.165, 1.54) is 32.1 Å². The van der Waals surface area contributed by atoms with Crippen LogP contribution in [0, 0.1) is 5.92 Å². The van der Waals surface area contributed by atoms with Crippen molar-refractivity contribution in [2.24, 2.45) is 5.92 Å². The molecule has 108 valence electrons. The van der Waals surface area contributed by atoms with Crippen LogP contribution in [0.4, 0.5) is 0 Å². The Hall–Kier alpha value is -1.57. The van der Waals surface area contributed by atoms with Crippen LogP contribution in [-0.2, 0) is 0 Å². The maximum Gasteiger partial charge on any atom is 0.254 e. The molecule has 0 bridgehead atoms. The highest BCUT2D eigenvalue weighted by molar-refractivity contribution is 5.94. The van der Waals surface area contributed by atoms with E-state index in [4.69, 9.17) is 0 Å². The van der Waals surface area contributed by atoms with Crippen molar-refractivity contribution < 1.29 is 4.79 Å². The lowest BCUT2D eigenvalue weighted by Crippen LogP contribution is -2.41. The van der Waals surface area contributed by atoms with E-state index in [2.05, 4.69) is 13.5 Å². The van der Waals surface area contributed by atoms with Crippen LogP contribution in [0.1, 0.15) is 49.4 Å². The van der Waals surface area contributed by atoms with E-state index in [9.17, 15) is 4.79 Å². The summed E-state index contributed by atoms with van der Waals surface area (Å²) in [5, 5.41) is 0. The van der Waals surface area contributed by atoms with E-state index < -0.39 is 0 Å². The third-order valence-electron chi connectivity index (χ3n) is 4.29. The summed E-state index contributed by atoms with van der Waals surface area (Å²) >= 11 is 0. The fraction of sp³-hybridized carbons (Fsp3) is 0.500. The van der Waals surface area contributed by atoms with Crippen LogP contribution >= 0.6 is 0 Å². The van der Waals surface area contributed by atoms with Gasteiger partial charge in [-0.25, -0.2) is 0 Å². The van der Waals surface area contributed by atoms with Crippen LogP contribution in [0.2, 0.25) is 0 Å². The van der Waals surface area contributed by atoms with Gasteiger partial charge in [0.25, 0.3) is 5.91 Å². The molecular weight excluding hydrogens is 246 g/mol. The first-order chi connectivity index (χ1) is 9.72. The first-order valence-corrected chi connectivity index (χ1v) is 7.71. The van der Waals surface area contributed by atoms with Gasteiger partial charge in [-0.3, -0.25) is 4.79 Å². The molecule has 1 amide bonds. The number of rotatable bonds is 5. The first-order valence-electron chi connectivity index (χ1n) is 7.71. The molecule has 1 aromatic rings. The molecule has 1 atom stereocenters. The van der Waals surface area contributed by atoms with Crippen molar-refractivity contribution in [3.8, 4) is 0 Å². The van der Waals surface area contributed by atoms with E-state index in [-0.39, 0.29) is 11.9 Å². The SMILES string of the molecule is C=CC(C)N(CC1CCCCC1)C(=O)c1ccccc1. The summed E-state index contributed by atoms with van der Waals surface area (Å²) < 4.78 is 0. The minimum absolute atomic E-state index is 0.0876. The second-order valence-corrected chi connectivity index (χ2v) is 5.80. The summed E-state index contributed by atoms with van der Waals surface area (Å²) in [5.41, 5.74) is 0.775. The molecule has 1 unspecified atom stereocenters. The molecule has 2 nitrogen and oxygen atoms in total. The number of nitrogens with zero attached hydrogens (tertiary/aromatic N) is 1. The molecule has 2 rings (SSSR count). The van der Waals surface area contributed by atoms with Gasteiger partial charge in [0.1, 0.15) is 0 Å². The normalized spacial score (nSPS) is 17.4. The van der Waals surface area contributed by atoms with Crippen LogP contribution in [0.25, 0.3) is 0 Å². The fourth-order valence-electron chi connectivity index (χ4n) is 2.96. The second-order valence-electron chi connectivity index (χ2n) is 5.80. The molecule has 0 spiro atoms. The third-order valence-corrected chi connectivity index (χ3v) is 4.29. The Labute approximate surface area is 122 Å². The number of carbonyl (C=O) groups is 1. The van der Waals surface area contributed by atoms with E-state index in [1.807, 2.05) is 41.3 Å². The van der Waals surface area contributed by atoms with E-state index >= 15 is 0 Å². The molecule has 1 saturated carbocycles. The fourth-order valence-corrected chi connectivity index (χ4v) is 2.96. The summed E-state index contributed by atoms with van der Waals surface area (Å²) in [6.07, 6.45) is 8.33. The van der Waals surface area contributed by atoms with Gasteiger partial charge in [0.05, 0.1) is 0 Å². The molecule has 0 aromatic heterocycles. The van der Waals surface area contributed by atoms with Crippen LogP contribution in [-0.4, -0.2) is 23.4 Å². The van der Waals surface area contributed by atoms with Gasteiger partial charge in [0.15, 0.2) is 0 Å². The van der Waals surface area contributed by atoms with E-state index in [1.54, 1.807) is 0 Å². The Balaban J connectivity index is 2.10. The van der Waals surface area contributed by atoms with Crippen LogP contribution in [0.3, 0.4) is 0 Å². The Morgan fingerprint density at radius 3 is 2.55 bits per heavy atom. The van der Waals surface area contributed by atoms with E-state index in [0.29, 0.717) is 5.92 Å². The number of amides is 1. The van der Waals surface area contributed by atoms with Gasteiger partial charge in [-0.1, -0.05) is 43.5 Å². The highest BCUT2D eigenvalue weighted by Gasteiger charge is 2.24. The smallest absolute Gasteiger partial charge is 0.254 e. The predicted octanol–water partition coefficient (Wildman–Crippen LogP) is 4.28. The number of carbonyl (C=O) groups excluding carboxylic acids is 1. The Morgan fingerprint density at radius 2 is 1.95 bits per heavy atom. The molecule has 2 heteroatoms. The van der Waals surface area contributed by atoms with Crippen molar-refractivity contribution in [3.05, 3.63) is 48.6 Å². The summed E-state index contributed by atoms with van der Waals surface area (Å²) in [6.45, 7) is 6.77. The molecule has 0 radical (unpaired) electrons. The summed E-state index contributed by atoms with van der Waals surface area (Å²) in [6, 6.07) is 9.66. The molecule has 0 N–H and O–H groups in total. The topological polar surface area (TPSA) is 20.3 Å². The third kappa shape index (κ3) is 3.72. The average molecular weight is 271 g/mol. The largest absolute Gasteiger partial charge is 0.332 e. The molecule has 20 heavy (non-hydrogen) atoms. The quantitative estimate of drug-likeness (QED) is 0.732. The number of hydrogen-bond donors (Lipinski definition) is 0. The monoisotopic (exact) mass is 271 g/mol. The standard InChI is InChI=1S/C18H25NO/c1-3-15(2)19(14-16-10-6-4-7-11-16)18(20)17-12-8-5-9-13-17/h3,5,8-9,12-13,15-16H,1,4,6-7,10-11,14H2,2H3. The number of hydrogen-bond acceptors (Lipinski definition) is 1. The molecule has 1 aromatic carbocycles. The lowest BCUT2D eigenvalue weighted by molar-refractivity contribution is 0.0676. The van der Waals surface area contributed by atoms with Gasteiger partial charge >= 0.3 is 0 Å². The summed E-state index contributed by atoms with van der Waals surface area (Å²) in [4.78, 5) is 14.7. The van der Waals surface area contributed by atoms with Crippen LogP contribution in [0.5, 0.6) is 0 Å². The van der Waals surface area contributed by atoms with Crippen molar-refractivity contribution in [2.45, 2.75) is 45.1 Å². The van der Waals surface area contributed by atoms with Crippen molar-refractivity contribution in [1.82, 2.24) is 4.90 Å². The van der Waals surface area contributed by atoms with Crippen LogP contribution < -0.4 is 0 Å². The number of benzene rings is 1. The maximum absolute atomic E-state index is 12.7. The highest BCUT2D eigenvalue weighted by atomic mass is 16.2. The molecule has 1 aliphatic carbocycles. The summed E-state index contributed by atoms with van der Waals surface area (Å²) in [7, 11) is 0. The van der Waals surface area contributed by atoms with Crippen molar-refractivity contribution in [2.75, 3.05) is 6.54 Å². The second kappa shape index (κ2) is 7.28.